The van der Waals surface area contributed by atoms with E-state index in [-0.39, 0.29) is 18.7 Å². The molecule has 0 aliphatic carbocycles. The van der Waals surface area contributed by atoms with Crippen molar-refractivity contribution in [2.24, 2.45) is 0 Å². The van der Waals surface area contributed by atoms with Crippen molar-refractivity contribution in [3.63, 3.8) is 0 Å². The molecular formula is C20H17FN2O4. The number of nitrogens with zero attached hydrogens (tertiary/aromatic N) is 1. The smallest absolute Gasteiger partial charge is 0.337 e. The largest absolute Gasteiger partial charge is 0.465 e. The number of oxazole rings is 1. The van der Waals surface area contributed by atoms with Crippen LogP contribution in [-0.2, 0) is 16.0 Å². The Morgan fingerprint density at radius 3 is 2.78 bits per heavy atom. The first-order chi connectivity index (χ1) is 13.1. The van der Waals surface area contributed by atoms with E-state index in [1.165, 1.54) is 25.4 Å². The molecule has 1 aromatic heterocycles. The molecule has 3 rings (SSSR count). The lowest BCUT2D eigenvalue weighted by Gasteiger charge is -2.06. The van der Waals surface area contributed by atoms with Gasteiger partial charge in [-0.2, -0.15) is 0 Å². The summed E-state index contributed by atoms with van der Waals surface area (Å²) in [5.41, 5.74) is 1.15. The molecular weight excluding hydrogens is 351 g/mol. The third-order valence-corrected chi connectivity index (χ3v) is 3.83. The molecule has 0 aliphatic rings. The molecule has 1 amide bonds. The number of carbonyl (C=O) groups excluding carboxylic acids is 2. The van der Waals surface area contributed by atoms with Crippen molar-refractivity contribution in [1.82, 2.24) is 4.98 Å². The maximum Gasteiger partial charge on any atom is 0.337 e. The predicted molar refractivity (Wildman–Crippen MR) is 96.6 cm³/mol. The van der Waals surface area contributed by atoms with Crippen molar-refractivity contribution in [2.45, 2.75) is 12.8 Å². The van der Waals surface area contributed by atoms with Crippen molar-refractivity contribution >= 4 is 17.6 Å². The Morgan fingerprint density at radius 1 is 1.19 bits per heavy atom. The van der Waals surface area contributed by atoms with E-state index in [2.05, 4.69) is 15.0 Å². The van der Waals surface area contributed by atoms with Gasteiger partial charge in [0, 0.05) is 18.5 Å². The Labute approximate surface area is 155 Å². The number of halogens is 1. The summed E-state index contributed by atoms with van der Waals surface area (Å²) in [7, 11) is 1.29. The van der Waals surface area contributed by atoms with Gasteiger partial charge in [0.2, 0.25) is 5.91 Å². The SMILES string of the molecule is COC(=O)c1cccc(NC(=O)CCc2ncc(-c3ccccc3F)o2)c1. The zero-order chi connectivity index (χ0) is 19.2. The first kappa shape index (κ1) is 18.3. The van der Waals surface area contributed by atoms with E-state index in [0.29, 0.717) is 28.5 Å². The molecule has 2 aromatic carbocycles. The Bertz CT molecular complexity index is 968. The van der Waals surface area contributed by atoms with Crippen LogP contribution >= 0.6 is 0 Å². The van der Waals surface area contributed by atoms with E-state index in [9.17, 15) is 14.0 Å². The number of aromatic nitrogens is 1. The van der Waals surface area contributed by atoms with Crippen molar-refractivity contribution in [2.75, 3.05) is 12.4 Å². The van der Waals surface area contributed by atoms with Crippen LogP contribution in [0.3, 0.4) is 0 Å². The second-order valence-electron chi connectivity index (χ2n) is 5.72. The highest BCUT2D eigenvalue weighted by Crippen LogP contribution is 2.23. The van der Waals surface area contributed by atoms with E-state index >= 15 is 0 Å². The molecule has 0 bridgehead atoms. The third kappa shape index (κ3) is 4.58. The zero-order valence-electron chi connectivity index (χ0n) is 14.6. The van der Waals surface area contributed by atoms with Crippen LogP contribution in [0.2, 0.25) is 0 Å². The normalized spacial score (nSPS) is 10.4. The summed E-state index contributed by atoms with van der Waals surface area (Å²) in [6.45, 7) is 0. The average Bonchev–Trinajstić information content (AvgIpc) is 3.15. The Kier molecular flexibility index (Phi) is 5.61. The number of esters is 1. The number of hydrogen-bond acceptors (Lipinski definition) is 5. The van der Waals surface area contributed by atoms with Gasteiger partial charge in [-0.3, -0.25) is 4.79 Å². The van der Waals surface area contributed by atoms with E-state index in [1.807, 2.05) is 0 Å². The summed E-state index contributed by atoms with van der Waals surface area (Å²) in [5, 5.41) is 2.70. The lowest BCUT2D eigenvalue weighted by molar-refractivity contribution is -0.116. The molecule has 0 saturated heterocycles. The van der Waals surface area contributed by atoms with Gasteiger partial charge in [0.1, 0.15) is 5.82 Å². The van der Waals surface area contributed by atoms with Gasteiger partial charge in [-0.1, -0.05) is 18.2 Å². The van der Waals surface area contributed by atoms with Crippen molar-refractivity contribution in [3.8, 4) is 11.3 Å². The fourth-order valence-electron chi connectivity index (χ4n) is 2.50. The predicted octanol–water partition coefficient (Wildman–Crippen LogP) is 3.84. The highest BCUT2D eigenvalue weighted by atomic mass is 19.1. The molecule has 0 aliphatic heterocycles. The van der Waals surface area contributed by atoms with E-state index in [4.69, 9.17) is 4.42 Å². The molecule has 1 N–H and O–H groups in total. The molecule has 6 nitrogen and oxygen atoms in total. The Balaban J connectivity index is 1.59. The molecule has 0 saturated carbocycles. The minimum absolute atomic E-state index is 0.125. The summed E-state index contributed by atoms with van der Waals surface area (Å²) in [4.78, 5) is 27.7. The van der Waals surface area contributed by atoms with Gasteiger partial charge in [0.25, 0.3) is 0 Å². The van der Waals surface area contributed by atoms with Crippen LogP contribution in [0.1, 0.15) is 22.7 Å². The van der Waals surface area contributed by atoms with Crippen LogP contribution in [0.25, 0.3) is 11.3 Å². The van der Waals surface area contributed by atoms with Crippen molar-refractivity contribution in [1.29, 1.82) is 0 Å². The van der Waals surface area contributed by atoms with Gasteiger partial charge in [-0.15, -0.1) is 0 Å². The maximum absolute atomic E-state index is 13.8. The van der Waals surface area contributed by atoms with E-state index < -0.39 is 11.8 Å². The maximum atomic E-state index is 13.8. The number of amides is 1. The third-order valence-electron chi connectivity index (χ3n) is 3.83. The van der Waals surface area contributed by atoms with Crippen LogP contribution < -0.4 is 5.32 Å². The van der Waals surface area contributed by atoms with Gasteiger partial charge in [-0.25, -0.2) is 14.2 Å². The number of benzene rings is 2. The van der Waals surface area contributed by atoms with Gasteiger partial charge in [0.05, 0.1) is 24.4 Å². The molecule has 0 spiro atoms. The second kappa shape index (κ2) is 8.27. The number of ether oxygens (including phenoxy) is 1. The molecule has 138 valence electrons. The van der Waals surface area contributed by atoms with Crippen LogP contribution in [0, 0.1) is 5.82 Å². The number of carbonyl (C=O) groups is 2. The highest BCUT2D eigenvalue weighted by Gasteiger charge is 2.12. The summed E-state index contributed by atoms with van der Waals surface area (Å²) in [5.74, 6) is -0.487. The van der Waals surface area contributed by atoms with E-state index in [0.717, 1.165) is 0 Å². The number of methoxy groups -OCH3 is 1. The molecule has 0 unspecified atom stereocenters. The first-order valence-electron chi connectivity index (χ1n) is 8.24. The first-order valence-corrected chi connectivity index (χ1v) is 8.24. The van der Waals surface area contributed by atoms with Gasteiger partial charge < -0.3 is 14.5 Å². The fraction of sp³-hybridized carbons (Fsp3) is 0.150. The molecule has 0 atom stereocenters. The van der Waals surface area contributed by atoms with Crippen LogP contribution in [0.15, 0.2) is 59.1 Å². The topological polar surface area (TPSA) is 81.4 Å². The molecule has 0 radical (unpaired) electrons. The Morgan fingerprint density at radius 2 is 2.00 bits per heavy atom. The minimum atomic E-state index is -0.480. The van der Waals surface area contributed by atoms with Crippen LogP contribution in [0.5, 0.6) is 0 Å². The molecule has 7 heteroatoms. The van der Waals surface area contributed by atoms with E-state index in [1.54, 1.807) is 36.4 Å². The van der Waals surface area contributed by atoms with Crippen LogP contribution in [-0.4, -0.2) is 24.0 Å². The summed E-state index contributed by atoms with van der Waals surface area (Å²) >= 11 is 0. The minimum Gasteiger partial charge on any atom is -0.465 e. The second-order valence-corrected chi connectivity index (χ2v) is 5.72. The van der Waals surface area contributed by atoms with Crippen molar-refractivity contribution in [3.05, 3.63) is 72.0 Å². The molecule has 3 aromatic rings. The summed E-state index contributed by atoms with van der Waals surface area (Å²) < 4.78 is 23.9. The highest BCUT2D eigenvalue weighted by molar-refractivity contribution is 5.94. The van der Waals surface area contributed by atoms with Crippen LogP contribution in [0.4, 0.5) is 10.1 Å². The number of nitrogens with one attached hydrogen (secondary N) is 1. The monoisotopic (exact) mass is 368 g/mol. The van der Waals surface area contributed by atoms with Gasteiger partial charge >= 0.3 is 5.97 Å². The van der Waals surface area contributed by atoms with Gasteiger partial charge in [-0.05, 0) is 30.3 Å². The lowest BCUT2D eigenvalue weighted by atomic mass is 10.2. The molecule has 27 heavy (non-hydrogen) atoms. The number of rotatable bonds is 6. The van der Waals surface area contributed by atoms with Gasteiger partial charge in [0.15, 0.2) is 11.7 Å². The lowest BCUT2D eigenvalue weighted by Crippen LogP contribution is -2.13. The molecule has 1 heterocycles. The van der Waals surface area contributed by atoms with Crippen molar-refractivity contribution < 1.29 is 23.1 Å². The standard InChI is InChI=1S/C20H17FN2O4/c1-26-20(25)13-5-4-6-14(11-13)23-18(24)9-10-19-22-12-17(27-19)15-7-2-3-8-16(15)21/h2-8,11-12H,9-10H2,1H3,(H,23,24). The summed E-state index contributed by atoms with van der Waals surface area (Å²) in [6, 6.07) is 12.7. The number of hydrogen-bond donors (Lipinski definition) is 1. The number of aryl methyl sites for hydroxylation is 1. The molecule has 0 fully saturated rings. The summed E-state index contributed by atoms with van der Waals surface area (Å²) in [6.07, 6.45) is 1.82. The number of anilines is 1. The average molecular weight is 368 g/mol. The zero-order valence-corrected chi connectivity index (χ0v) is 14.6. The Hall–Kier alpha value is -3.48. The fourth-order valence-corrected chi connectivity index (χ4v) is 2.50. The quantitative estimate of drug-likeness (QED) is 0.669.